The summed E-state index contributed by atoms with van der Waals surface area (Å²) in [4.78, 5) is 0. The van der Waals surface area contributed by atoms with Gasteiger partial charge in [-0.25, -0.2) is 0 Å². The van der Waals surface area contributed by atoms with Crippen LogP contribution in [0.2, 0.25) is 0 Å². The van der Waals surface area contributed by atoms with E-state index in [-0.39, 0.29) is 5.84 Å². The Bertz CT molecular complexity index is 588. The average molecular weight is 254 g/mol. The number of nitrogens with two attached hydrogens (primary N) is 1. The van der Waals surface area contributed by atoms with Gasteiger partial charge < -0.3 is 10.5 Å². The predicted octanol–water partition coefficient (Wildman–Crippen LogP) is 3.17. The van der Waals surface area contributed by atoms with Crippen molar-refractivity contribution < 1.29 is 4.74 Å². The molecule has 0 radical (unpaired) electrons. The van der Waals surface area contributed by atoms with Crippen LogP contribution in [-0.2, 0) is 6.61 Å². The van der Waals surface area contributed by atoms with Gasteiger partial charge in [-0.3, -0.25) is 5.41 Å². The number of benzene rings is 2. The first-order valence-electron chi connectivity index (χ1n) is 6.19. The maximum absolute atomic E-state index is 7.34. The molecule has 2 aromatic rings. The van der Waals surface area contributed by atoms with Crippen molar-refractivity contribution in [3.05, 3.63) is 64.7 Å². The van der Waals surface area contributed by atoms with E-state index in [9.17, 15) is 0 Å². The number of nitrogen functional groups attached to an aromatic ring is 1. The van der Waals surface area contributed by atoms with Crippen LogP contribution < -0.4 is 10.5 Å². The zero-order chi connectivity index (χ0) is 13.8. The maximum atomic E-state index is 7.34. The van der Waals surface area contributed by atoms with Crippen LogP contribution >= 0.6 is 0 Å². The van der Waals surface area contributed by atoms with Gasteiger partial charge in [-0.05, 0) is 36.6 Å². The van der Waals surface area contributed by atoms with Crippen LogP contribution in [0.1, 0.15) is 22.3 Å². The van der Waals surface area contributed by atoms with Crippen molar-refractivity contribution in [3.63, 3.8) is 0 Å². The molecule has 0 aromatic heterocycles. The fourth-order valence-corrected chi connectivity index (χ4v) is 1.80. The summed E-state index contributed by atoms with van der Waals surface area (Å²) < 4.78 is 5.82. The van der Waals surface area contributed by atoms with Crippen molar-refractivity contribution in [1.82, 2.24) is 0 Å². The van der Waals surface area contributed by atoms with Gasteiger partial charge in [-0.15, -0.1) is 0 Å². The predicted molar refractivity (Wildman–Crippen MR) is 77.7 cm³/mol. The largest absolute Gasteiger partial charge is 0.489 e. The van der Waals surface area contributed by atoms with E-state index in [2.05, 4.69) is 12.1 Å². The number of hydrogen-bond donors (Lipinski definition) is 2. The Morgan fingerprint density at radius 2 is 1.79 bits per heavy atom. The van der Waals surface area contributed by atoms with Crippen molar-refractivity contribution in [2.45, 2.75) is 20.5 Å². The fourth-order valence-electron chi connectivity index (χ4n) is 1.80. The third-order valence-electron chi connectivity index (χ3n) is 3.00. The molecule has 0 saturated carbocycles. The molecule has 0 spiro atoms. The van der Waals surface area contributed by atoms with Crippen LogP contribution in [0.5, 0.6) is 5.75 Å². The summed E-state index contributed by atoms with van der Waals surface area (Å²) in [6.45, 7) is 4.60. The van der Waals surface area contributed by atoms with Gasteiger partial charge in [0.15, 0.2) is 0 Å². The van der Waals surface area contributed by atoms with E-state index in [4.69, 9.17) is 15.9 Å². The molecule has 3 N–H and O–H groups in total. The first-order valence-corrected chi connectivity index (χ1v) is 6.19. The van der Waals surface area contributed by atoms with E-state index in [0.29, 0.717) is 6.61 Å². The highest BCUT2D eigenvalue weighted by Gasteiger charge is 2.01. The minimum Gasteiger partial charge on any atom is -0.489 e. The number of ether oxygens (including phenoxy) is 1. The molecule has 2 aromatic carbocycles. The van der Waals surface area contributed by atoms with E-state index < -0.39 is 0 Å². The van der Waals surface area contributed by atoms with Crippen LogP contribution in [0.4, 0.5) is 0 Å². The summed E-state index contributed by atoms with van der Waals surface area (Å²) in [5.41, 5.74) is 9.53. The quantitative estimate of drug-likeness (QED) is 0.650. The van der Waals surface area contributed by atoms with Gasteiger partial charge in [0.05, 0.1) is 0 Å². The molecule has 98 valence electrons. The standard InChI is InChI=1S/C16H18N2O/c1-11-3-4-12(2)15(9-11)19-10-13-5-7-14(8-6-13)16(17)18/h3-9H,10H2,1-2H3,(H3,17,18). The van der Waals surface area contributed by atoms with E-state index in [1.54, 1.807) is 0 Å². The minimum atomic E-state index is 0.0852. The molecule has 0 heterocycles. The van der Waals surface area contributed by atoms with Crippen molar-refractivity contribution in [1.29, 1.82) is 5.41 Å². The number of hydrogen-bond acceptors (Lipinski definition) is 2. The lowest BCUT2D eigenvalue weighted by molar-refractivity contribution is 0.304. The lowest BCUT2D eigenvalue weighted by atomic mass is 10.1. The first-order chi connectivity index (χ1) is 9.06. The summed E-state index contributed by atoms with van der Waals surface area (Å²) in [7, 11) is 0. The molecule has 2 rings (SSSR count). The SMILES string of the molecule is Cc1ccc(C)c(OCc2ccc(C(=N)N)cc2)c1. The molecule has 0 atom stereocenters. The van der Waals surface area contributed by atoms with Crippen LogP contribution in [0, 0.1) is 19.3 Å². The van der Waals surface area contributed by atoms with Gasteiger partial charge in [0.25, 0.3) is 0 Å². The lowest BCUT2D eigenvalue weighted by Crippen LogP contribution is -2.10. The zero-order valence-corrected chi connectivity index (χ0v) is 11.2. The highest BCUT2D eigenvalue weighted by Crippen LogP contribution is 2.20. The summed E-state index contributed by atoms with van der Waals surface area (Å²) >= 11 is 0. The van der Waals surface area contributed by atoms with E-state index in [1.165, 1.54) is 5.56 Å². The number of aryl methyl sites for hydroxylation is 2. The van der Waals surface area contributed by atoms with Gasteiger partial charge in [-0.1, -0.05) is 36.4 Å². The number of rotatable bonds is 4. The van der Waals surface area contributed by atoms with Crippen LogP contribution in [-0.4, -0.2) is 5.84 Å². The molecule has 0 fully saturated rings. The summed E-state index contributed by atoms with van der Waals surface area (Å²) in [6, 6.07) is 13.7. The topological polar surface area (TPSA) is 59.1 Å². The molecule has 19 heavy (non-hydrogen) atoms. The lowest BCUT2D eigenvalue weighted by Gasteiger charge is -2.10. The second-order valence-corrected chi connectivity index (χ2v) is 4.67. The third-order valence-corrected chi connectivity index (χ3v) is 3.00. The van der Waals surface area contributed by atoms with Crippen LogP contribution in [0.3, 0.4) is 0 Å². The molecular formula is C16H18N2O. The molecular weight excluding hydrogens is 236 g/mol. The van der Waals surface area contributed by atoms with E-state index in [1.807, 2.05) is 44.2 Å². The van der Waals surface area contributed by atoms with Crippen molar-refractivity contribution >= 4 is 5.84 Å². The summed E-state index contributed by atoms with van der Waals surface area (Å²) in [6.07, 6.45) is 0. The van der Waals surface area contributed by atoms with E-state index >= 15 is 0 Å². The number of nitrogens with one attached hydrogen (secondary N) is 1. The Balaban J connectivity index is 2.06. The Morgan fingerprint density at radius 3 is 2.42 bits per heavy atom. The molecule has 0 aliphatic heterocycles. The van der Waals surface area contributed by atoms with Crippen molar-refractivity contribution in [2.75, 3.05) is 0 Å². The Morgan fingerprint density at radius 1 is 1.11 bits per heavy atom. The fraction of sp³-hybridized carbons (Fsp3) is 0.188. The average Bonchev–Trinajstić information content (AvgIpc) is 2.40. The Kier molecular flexibility index (Phi) is 3.85. The zero-order valence-electron chi connectivity index (χ0n) is 11.2. The molecule has 3 heteroatoms. The molecule has 0 saturated heterocycles. The second kappa shape index (κ2) is 5.57. The molecule has 0 amide bonds. The first kappa shape index (κ1) is 13.1. The Hall–Kier alpha value is -2.29. The Labute approximate surface area is 113 Å². The summed E-state index contributed by atoms with van der Waals surface area (Å²) in [5.74, 6) is 0.998. The highest BCUT2D eigenvalue weighted by molar-refractivity contribution is 5.94. The number of amidine groups is 1. The monoisotopic (exact) mass is 254 g/mol. The smallest absolute Gasteiger partial charge is 0.122 e. The molecule has 0 bridgehead atoms. The van der Waals surface area contributed by atoms with Gasteiger partial charge in [-0.2, -0.15) is 0 Å². The molecule has 3 nitrogen and oxygen atoms in total. The molecule has 0 aliphatic carbocycles. The van der Waals surface area contributed by atoms with Gasteiger partial charge >= 0.3 is 0 Å². The van der Waals surface area contributed by atoms with Crippen molar-refractivity contribution in [2.24, 2.45) is 5.73 Å². The maximum Gasteiger partial charge on any atom is 0.122 e. The molecule has 0 unspecified atom stereocenters. The van der Waals surface area contributed by atoms with Crippen molar-refractivity contribution in [3.8, 4) is 5.75 Å². The van der Waals surface area contributed by atoms with Gasteiger partial charge in [0.1, 0.15) is 18.2 Å². The van der Waals surface area contributed by atoms with Crippen LogP contribution in [0.15, 0.2) is 42.5 Å². The van der Waals surface area contributed by atoms with Crippen LogP contribution in [0.25, 0.3) is 0 Å². The third kappa shape index (κ3) is 3.35. The normalized spacial score (nSPS) is 10.2. The van der Waals surface area contributed by atoms with E-state index in [0.717, 1.165) is 22.4 Å². The summed E-state index contributed by atoms with van der Waals surface area (Å²) in [5, 5.41) is 7.34. The van der Waals surface area contributed by atoms with Gasteiger partial charge in [0, 0.05) is 5.56 Å². The molecule has 0 aliphatic rings. The highest BCUT2D eigenvalue weighted by atomic mass is 16.5. The van der Waals surface area contributed by atoms with Gasteiger partial charge in [0.2, 0.25) is 0 Å². The second-order valence-electron chi connectivity index (χ2n) is 4.67. The minimum absolute atomic E-state index is 0.0852.